The normalized spacial score (nSPS) is 12.4. The fourth-order valence-corrected chi connectivity index (χ4v) is 8.25. The third kappa shape index (κ3) is 4.38. The number of allylic oxidation sites excluding steroid dienone is 1. The molecule has 2 N–H and O–H groups in total. The minimum atomic E-state index is 0.551. The van der Waals surface area contributed by atoms with Crippen LogP contribution in [0.3, 0.4) is 0 Å². The van der Waals surface area contributed by atoms with E-state index in [9.17, 15) is 0 Å². The van der Waals surface area contributed by atoms with Crippen LogP contribution in [0.25, 0.3) is 83.6 Å². The first-order valence-electron chi connectivity index (χ1n) is 17.7. The van der Waals surface area contributed by atoms with Gasteiger partial charge in [0.1, 0.15) is 0 Å². The monoisotopic (exact) mass is 666 g/mol. The maximum absolute atomic E-state index is 9.15. The van der Waals surface area contributed by atoms with Gasteiger partial charge in [0, 0.05) is 38.5 Å². The highest BCUT2D eigenvalue weighted by Gasteiger charge is 2.26. The van der Waals surface area contributed by atoms with Gasteiger partial charge in [-0.25, -0.2) is 0 Å². The predicted octanol–water partition coefficient (Wildman–Crippen LogP) is 12.5. The SMILES string of the molecule is C=Cc1c(/C=C\C)c2cc(-c3ccc4c(c3)c3cc5ccccc5cc3n4Nc3cccc4c3C(=N)c3ccccc3-4)ccc2n1-c1ccccc1. The summed E-state index contributed by atoms with van der Waals surface area (Å²) in [6, 6.07) is 51.7. The molecule has 0 saturated heterocycles. The Balaban J connectivity index is 1.17. The summed E-state index contributed by atoms with van der Waals surface area (Å²) in [7, 11) is 0. The van der Waals surface area contributed by atoms with Crippen molar-refractivity contribution < 1.29 is 0 Å². The Morgan fingerprint density at radius 3 is 2.02 bits per heavy atom. The molecule has 0 bridgehead atoms. The van der Waals surface area contributed by atoms with Gasteiger partial charge in [-0.1, -0.05) is 110 Å². The van der Waals surface area contributed by atoms with E-state index in [1.807, 2.05) is 24.3 Å². The molecule has 2 heterocycles. The third-order valence-electron chi connectivity index (χ3n) is 10.6. The van der Waals surface area contributed by atoms with Gasteiger partial charge in [0.25, 0.3) is 0 Å². The molecule has 4 heteroatoms. The molecule has 10 rings (SSSR count). The number of anilines is 1. The fraction of sp³-hybridized carbons (Fsp3) is 0.0208. The van der Waals surface area contributed by atoms with Crippen molar-refractivity contribution in [2.75, 3.05) is 5.43 Å². The second-order valence-corrected chi connectivity index (χ2v) is 13.5. The zero-order valence-corrected chi connectivity index (χ0v) is 28.7. The summed E-state index contributed by atoms with van der Waals surface area (Å²) in [5.74, 6) is 0. The summed E-state index contributed by atoms with van der Waals surface area (Å²) in [6.07, 6.45) is 6.25. The maximum atomic E-state index is 9.15. The molecule has 9 aromatic rings. The number of nitrogens with one attached hydrogen (secondary N) is 2. The predicted molar refractivity (Wildman–Crippen MR) is 221 cm³/mol. The average molecular weight is 667 g/mol. The van der Waals surface area contributed by atoms with Crippen LogP contribution < -0.4 is 5.43 Å². The highest BCUT2D eigenvalue weighted by atomic mass is 15.4. The Morgan fingerprint density at radius 1 is 0.596 bits per heavy atom. The fourth-order valence-electron chi connectivity index (χ4n) is 8.25. The van der Waals surface area contributed by atoms with E-state index < -0.39 is 0 Å². The molecule has 1 aliphatic rings. The summed E-state index contributed by atoms with van der Waals surface area (Å²) in [6.45, 7) is 6.28. The van der Waals surface area contributed by atoms with Crippen LogP contribution in [0.15, 0.2) is 158 Å². The van der Waals surface area contributed by atoms with Crippen molar-refractivity contribution in [1.82, 2.24) is 9.24 Å². The van der Waals surface area contributed by atoms with E-state index in [2.05, 4.69) is 168 Å². The smallest absolute Gasteiger partial charge is 0.0718 e. The molecule has 1 aliphatic carbocycles. The van der Waals surface area contributed by atoms with Gasteiger partial charge < -0.3 is 4.57 Å². The van der Waals surface area contributed by atoms with Crippen LogP contribution in [0.4, 0.5) is 5.69 Å². The van der Waals surface area contributed by atoms with E-state index in [4.69, 9.17) is 5.41 Å². The summed E-state index contributed by atoms with van der Waals surface area (Å²) in [5.41, 5.74) is 18.3. The zero-order valence-electron chi connectivity index (χ0n) is 28.7. The molecule has 0 fully saturated rings. The Kier molecular flexibility index (Phi) is 6.67. The highest BCUT2D eigenvalue weighted by Crippen LogP contribution is 2.42. The molecule has 2 aromatic heterocycles. The maximum Gasteiger partial charge on any atom is 0.0718 e. The lowest BCUT2D eigenvalue weighted by Crippen LogP contribution is -2.12. The van der Waals surface area contributed by atoms with Crippen LogP contribution in [-0.2, 0) is 0 Å². The Hall–Kier alpha value is -6.91. The van der Waals surface area contributed by atoms with E-state index in [-0.39, 0.29) is 0 Å². The van der Waals surface area contributed by atoms with Crippen LogP contribution in [0.2, 0.25) is 0 Å². The van der Waals surface area contributed by atoms with E-state index in [0.29, 0.717) is 5.71 Å². The van der Waals surface area contributed by atoms with Gasteiger partial charge in [0.15, 0.2) is 0 Å². The van der Waals surface area contributed by atoms with Gasteiger partial charge >= 0.3 is 0 Å². The van der Waals surface area contributed by atoms with E-state index in [0.717, 1.165) is 72.6 Å². The summed E-state index contributed by atoms with van der Waals surface area (Å²) in [5, 5.41) is 15.1. The van der Waals surface area contributed by atoms with Crippen LogP contribution in [0.5, 0.6) is 0 Å². The van der Waals surface area contributed by atoms with Crippen LogP contribution >= 0.6 is 0 Å². The molecule has 52 heavy (non-hydrogen) atoms. The summed E-state index contributed by atoms with van der Waals surface area (Å²) in [4.78, 5) is 0. The molecular formula is C48H34N4. The lowest BCUT2D eigenvalue weighted by molar-refractivity contribution is 1.06. The number of nitrogens with zero attached hydrogens (tertiary/aromatic N) is 2. The van der Waals surface area contributed by atoms with Crippen molar-refractivity contribution in [2.45, 2.75) is 6.92 Å². The van der Waals surface area contributed by atoms with E-state index in [1.54, 1.807) is 0 Å². The standard InChI is InChI=1S/C48H34N4/c1-3-13-36-39-27-32(22-24-44(39)51(43(36)4-2)34-16-6-5-7-17-34)33-23-25-45-40(28-33)41-26-30-14-8-9-15-31(30)29-46(41)52(45)50-42-21-12-20-37-35-18-10-11-19-38(35)48(49)47(37)42/h3-29,49-50H,2H2,1H3/b13-3-,49-48?. The molecule has 0 spiro atoms. The first kappa shape index (κ1) is 30.0. The topological polar surface area (TPSA) is 45.7 Å². The first-order chi connectivity index (χ1) is 25.6. The van der Waals surface area contributed by atoms with Gasteiger partial charge in [-0.15, -0.1) is 0 Å². The molecule has 246 valence electrons. The molecule has 0 aliphatic heterocycles. The number of benzene rings is 7. The second-order valence-electron chi connectivity index (χ2n) is 13.5. The molecule has 7 aromatic carbocycles. The van der Waals surface area contributed by atoms with Crippen LogP contribution in [0, 0.1) is 5.41 Å². The van der Waals surface area contributed by atoms with Gasteiger partial charge in [-0.2, -0.15) is 0 Å². The molecule has 0 atom stereocenters. The van der Waals surface area contributed by atoms with Gasteiger partial charge in [0.05, 0.1) is 33.6 Å². The number of aromatic nitrogens is 2. The Bertz CT molecular complexity index is 2970. The lowest BCUT2D eigenvalue weighted by atomic mass is 9.99. The minimum absolute atomic E-state index is 0.551. The van der Waals surface area contributed by atoms with Crippen molar-refractivity contribution in [3.05, 3.63) is 181 Å². The molecule has 0 radical (unpaired) electrons. The largest absolute Gasteiger partial charge is 0.309 e. The summed E-state index contributed by atoms with van der Waals surface area (Å²) < 4.78 is 4.50. The second kappa shape index (κ2) is 11.6. The molecule has 0 unspecified atom stereocenters. The van der Waals surface area contributed by atoms with Gasteiger partial charge in [0.2, 0.25) is 0 Å². The number of hydrogen-bond acceptors (Lipinski definition) is 2. The molecular weight excluding hydrogens is 633 g/mol. The lowest BCUT2D eigenvalue weighted by Gasteiger charge is -2.15. The van der Waals surface area contributed by atoms with Gasteiger partial charge in [-0.05, 0) is 101 Å². The van der Waals surface area contributed by atoms with Gasteiger partial charge in [-0.3, -0.25) is 15.5 Å². The van der Waals surface area contributed by atoms with Crippen molar-refractivity contribution in [2.24, 2.45) is 0 Å². The first-order valence-corrected chi connectivity index (χ1v) is 17.7. The molecule has 0 saturated carbocycles. The Labute approximate surface area is 301 Å². The van der Waals surface area contributed by atoms with Crippen LogP contribution in [0.1, 0.15) is 29.3 Å². The highest BCUT2D eigenvalue weighted by molar-refractivity contribution is 6.26. The van der Waals surface area contributed by atoms with E-state index >= 15 is 0 Å². The van der Waals surface area contributed by atoms with Crippen molar-refractivity contribution in [3.63, 3.8) is 0 Å². The minimum Gasteiger partial charge on any atom is -0.309 e. The van der Waals surface area contributed by atoms with Crippen molar-refractivity contribution in [1.29, 1.82) is 5.41 Å². The molecule has 4 nitrogen and oxygen atoms in total. The number of hydrogen-bond donors (Lipinski definition) is 2. The number of para-hydroxylation sites is 1. The van der Waals surface area contributed by atoms with Crippen molar-refractivity contribution in [3.8, 4) is 27.9 Å². The number of rotatable bonds is 6. The van der Waals surface area contributed by atoms with Crippen molar-refractivity contribution >= 4 is 67.0 Å². The quantitative estimate of drug-likeness (QED) is 0.182. The zero-order chi connectivity index (χ0) is 34.9. The van der Waals surface area contributed by atoms with E-state index in [1.165, 1.54) is 26.9 Å². The summed E-state index contributed by atoms with van der Waals surface area (Å²) >= 11 is 0. The Morgan fingerprint density at radius 2 is 1.25 bits per heavy atom. The van der Waals surface area contributed by atoms with Crippen LogP contribution in [-0.4, -0.2) is 15.0 Å². The third-order valence-corrected chi connectivity index (χ3v) is 10.6. The molecule has 0 amide bonds. The average Bonchev–Trinajstić information content (AvgIpc) is 3.79. The number of fused-ring (bicyclic) bond motifs is 8.